The summed E-state index contributed by atoms with van der Waals surface area (Å²) in [6.45, 7) is 4.93. The van der Waals surface area contributed by atoms with Gasteiger partial charge in [-0.05, 0) is 52.8 Å². The number of amides is 2. The number of anilines is 1. The summed E-state index contributed by atoms with van der Waals surface area (Å²) in [7, 11) is 0. The molecular weight excluding hydrogens is 384 g/mol. The Morgan fingerprint density at radius 1 is 0.935 bits per heavy atom. The maximum atomic E-state index is 13.7. The molecule has 2 atom stereocenters. The van der Waals surface area contributed by atoms with Gasteiger partial charge in [0, 0.05) is 17.8 Å². The monoisotopic (exact) mass is 410 g/mol. The summed E-state index contributed by atoms with van der Waals surface area (Å²) in [5, 5.41) is 3.12. The Morgan fingerprint density at radius 3 is 2.35 bits per heavy atom. The van der Waals surface area contributed by atoms with Gasteiger partial charge >= 0.3 is 0 Å². The molecule has 4 nitrogen and oxygen atoms in total. The van der Waals surface area contributed by atoms with Crippen molar-refractivity contribution in [3.8, 4) is 0 Å². The van der Waals surface area contributed by atoms with Crippen molar-refractivity contribution in [1.82, 2.24) is 4.90 Å². The predicted octanol–water partition coefficient (Wildman–Crippen LogP) is 5.29. The minimum atomic E-state index is -0.458. The van der Waals surface area contributed by atoms with Gasteiger partial charge in [-0.3, -0.25) is 9.59 Å². The number of nitrogens with zero attached hydrogens (tertiary/aromatic N) is 1. The number of carbonyl (C=O) groups excluding carboxylic acids is 2. The summed E-state index contributed by atoms with van der Waals surface area (Å²) >= 11 is 0. The summed E-state index contributed by atoms with van der Waals surface area (Å²) in [6, 6.07) is 23.5. The topological polar surface area (TPSA) is 49.4 Å². The zero-order valence-corrected chi connectivity index (χ0v) is 17.8. The van der Waals surface area contributed by atoms with Gasteiger partial charge in [-0.25, -0.2) is 0 Å². The molecule has 2 aliphatic heterocycles. The van der Waals surface area contributed by atoms with Crippen LogP contribution in [0.4, 0.5) is 5.69 Å². The van der Waals surface area contributed by atoms with Crippen molar-refractivity contribution in [3.63, 3.8) is 0 Å². The largest absolute Gasteiger partial charge is 0.330 e. The Balaban J connectivity index is 1.57. The standard InChI is InChI=1S/C27H26N2O2/c1-17(2)18-11-13-20(14-12-18)28-26(30)24-22-9-5-6-10-23(22)27(31)29-16-15-19-7-3-4-8-21(19)25(24)29/h3-14,17,24-25H,15-16H2,1-2H3,(H,28,30)/t24-,25+/m1/s1. The number of nitrogens with one attached hydrogen (secondary N) is 1. The van der Waals surface area contributed by atoms with Gasteiger partial charge in [-0.1, -0.05) is 68.4 Å². The summed E-state index contributed by atoms with van der Waals surface area (Å²) < 4.78 is 0. The lowest BCUT2D eigenvalue weighted by Crippen LogP contribution is -2.49. The Hall–Kier alpha value is -3.40. The van der Waals surface area contributed by atoms with Crippen LogP contribution < -0.4 is 5.32 Å². The highest BCUT2D eigenvalue weighted by Crippen LogP contribution is 2.46. The van der Waals surface area contributed by atoms with Gasteiger partial charge in [0.25, 0.3) is 5.91 Å². The quantitative estimate of drug-likeness (QED) is 0.638. The number of rotatable bonds is 3. The molecule has 3 aromatic rings. The molecule has 3 aromatic carbocycles. The zero-order chi connectivity index (χ0) is 21.5. The lowest BCUT2D eigenvalue weighted by Gasteiger charge is -2.45. The summed E-state index contributed by atoms with van der Waals surface area (Å²) in [5.74, 6) is -0.0854. The van der Waals surface area contributed by atoms with E-state index in [9.17, 15) is 9.59 Å². The molecule has 0 unspecified atom stereocenters. The number of benzene rings is 3. The molecule has 1 N–H and O–H groups in total. The highest BCUT2D eigenvalue weighted by molar-refractivity contribution is 6.04. The first-order valence-electron chi connectivity index (χ1n) is 10.9. The first-order chi connectivity index (χ1) is 15.0. The predicted molar refractivity (Wildman–Crippen MR) is 122 cm³/mol. The molecule has 2 amide bonds. The van der Waals surface area contributed by atoms with Gasteiger partial charge in [0.05, 0.1) is 12.0 Å². The lowest BCUT2D eigenvalue weighted by molar-refractivity contribution is -0.119. The number of hydrogen-bond donors (Lipinski definition) is 1. The van der Waals surface area contributed by atoms with Gasteiger partial charge in [-0.15, -0.1) is 0 Å². The van der Waals surface area contributed by atoms with Crippen molar-refractivity contribution >= 4 is 17.5 Å². The summed E-state index contributed by atoms with van der Waals surface area (Å²) in [4.78, 5) is 28.8. The van der Waals surface area contributed by atoms with Crippen LogP contribution in [0.2, 0.25) is 0 Å². The number of fused-ring (bicyclic) bond motifs is 4. The second-order valence-electron chi connectivity index (χ2n) is 8.72. The molecule has 0 saturated carbocycles. The van der Waals surface area contributed by atoms with Crippen LogP contribution in [0.15, 0.2) is 72.8 Å². The van der Waals surface area contributed by atoms with E-state index in [1.807, 2.05) is 53.4 Å². The van der Waals surface area contributed by atoms with Crippen molar-refractivity contribution < 1.29 is 9.59 Å². The van der Waals surface area contributed by atoms with E-state index in [0.717, 1.165) is 23.2 Å². The third-order valence-electron chi connectivity index (χ3n) is 6.56. The molecule has 0 radical (unpaired) electrons. The summed E-state index contributed by atoms with van der Waals surface area (Å²) in [6.07, 6.45) is 0.811. The molecule has 156 valence electrons. The molecule has 2 heterocycles. The van der Waals surface area contributed by atoms with Crippen LogP contribution in [0.25, 0.3) is 0 Å². The van der Waals surface area contributed by atoms with Gasteiger partial charge in [0.15, 0.2) is 0 Å². The van der Waals surface area contributed by atoms with Crippen molar-refractivity contribution in [3.05, 3.63) is 101 Å². The third kappa shape index (κ3) is 3.32. The van der Waals surface area contributed by atoms with Crippen LogP contribution in [0, 0.1) is 0 Å². The SMILES string of the molecule is CC(C)c1ccc(NC(=O)[C@@H]2c3ccccc3C(=O)N3CCc4ccccc4[C@@H]23)cc1. The van der Waals surface area contributed by atoms with E-state index < -0.39 is 5.92 Å². The van der Waals surface area contributed by atoms with E-state index in [4.69, 9.17) is 0 Å². The molecule has 4 heteroatoms. The van der Waals surface area contributed by atoms with Crippen molar-refractivity contribution in [2.45, 2.75) is 38.1 Å². The second kappa shape index (κ2) is 7.69. The highest BCUT2D eigenvalue weighted by Gasteiger charge is 2.46. The second-order valence-corrected chi connectivity index (χ2v) is 8.72. The fourth-order valence-electron chi connectivity index (χ4n) is 4.93. The van der Waals surface area contributed by atoms with Crippen LogP contribution in [0.1, 0.15) is 64.3 Å². The third-order valence-corrected chi connectivity index (χ3v) is 6.56. The van der Waals surface area contributed by atoms with E-state index in [1.54, 1.807) is 0 Å². The van der Waals surface area contributed by atoms with E-state index in [1.165, 1.54) is 11.1 Å². The maximum Gasteiger partial charge on any atom is 0.254 e. The normalized spacial score (nSPS) is 19.5. The van der Waals surface area contributed by atoms with E-state index >= 15 is 0 Å². The molecule has 0 spiro atoms. The van der Waals surface area contributed by atoms with E-state index in [-0.39, 0.29) is 17.9 Å². The smallest absolute Gasteiger partial charge is 0.254 e. The average molecular weight is 411 g/mol. The van der Waals surface area contributed by atoms with Crippen molar-refractivity contribution in [2.24, 2.45) is 0 Å². The molecule has 0 saturated heterocycles. The molecule has 0 aliphatic carbocycles. The van der Waals surface area contributed by atoms with Crippen LogP contribution >= 0.6 is 0 Å². The van der Waals surface area contributed by atoms with E-state index in [2.05, 4.69) is 43.4 Å². The molecule has 0 bridgehead atoms. The fraction of sp³-hybridized carbons (Fsp3) is 0.259. The Bertz CT molecular complexity index is 1150. The van der Waals surface area contributed by atoms with Crippen LogP contribution in [0.3, 0.4) is 0 Å². The highest BCUT2D eigenvalue weighted by atomic mass is 16.2. The van der Waals surface area contributed by atoms with Crippen LogP contribution in [-0.4, -0.2) is 23.3 Å². The molecular formula is C27H26N2O2. The molecule has 0 aromatic heterocycles. The molecule has 31 heavy (non-hydrogen) atoms. The Morgan fingerprint density at radius 2 is 1.61 bits per heavy atom. The average Bonchev–Trinajstić information content (AvgIpc) is 2.79. The minimum absolute atomic E-state index is 0.0143. The number of hydrogen-bond acceptors (Lipinski definition) is 2. The van der Waals surface area contributed by atoms with Gasteiger partial charge in [0.1, 0.15) is 0 Å². The Labute approximate surface area is 182 Å². The molecule has 2 aliphatic rings. The van der Waals surface area contributed by atoms with E-state index in [0.29, 0.717) is 18.0 Å². The molecule has 0 fully saturated rings. The van der Waals surface area contributed by atoms with Crippen molar-refractivity contribution in [2.75, 3.05) is 11.9 Å². The van der Waals surface area contributed by atoms with Gasteiger partial charge in [0.2, 0.25) is 5.91 Å². The van der Waals surface area contributed by atoms with Gasteiger partial charge in [-0.2, -0.15) is 0 Å². The fourth-order valence-corrected chi connectivity index (χ4v) is 4.93. The first-order valence-corrected chi connectivity index (χ1v) is 10.9. The molecule has 5 rings (SSSR count). The maximum absolute atomic E-state index is 13.7. The zero-order valence-electron chi connectivity index (χ0n) is 17.8. The number of carbonyl (C=O) groups is 2. The Kier molecular flexibility index (Phi) is 4.85. The first kappa shape index (κ1) is 19.6. The van der Waals surface area contributed by atoms with Crippen LogP contribution in [-0.2, 0) is 11.2 Å². The van der Waals surface area contributed by atoms with Crippen LogP contribution in [0.5, 0.6) is 0 Å². The minimum Gasteiger partial charge on any atom is -0.330 e. The van der Waals surface area contributed by atoms with Crippen molar-refractivity contribution in [1.29, 1.82) is 0 Å². The summed E-state index contributed by atoms with van der Waals surface area (Å²) in [5.41, 5.74) is 5.75. The lowest BCUT2D eigenvalue weighted by atomic mass is 9.76. The van der Waals surface area contributed by atoms with Gasteiger partial charge < -0.3 is 10.2 Å².